The number of cyclic esters (lactones) is 2. The highest BCUT2D eigenvalue weighted by Gasteiger charge is 2.49. The van der Waals surface area contributed by atoms with Crippen LogP contribution < -0.4 is 0 Å². The van der Waals surface area contributed by atoms with E-state index in [2.05, 4.69) is 0 Å². The molecule has 2 saturated carbocycles. The molecule has 6 heteroatoms. The van der Waals surface area contributed by atoms with E-state index in [-0.39, 0.29) is 23.7 Å². The van der Waals surface area contributed by atoms with Gasteiger partial charge in [0.15, 0.2) is 0 Å². The van der Waals surface area contributed by atoms with Gasteiger partial charge in [-0.25, -0.2) is 0 Å². The summed E-state index contributed by atoms with van der Waals surface area (Å²) in [6.07, 6.45) is 4.75. The number of aliphatic carboxylic acids is 1. The molecule has 3 fully saturated rings. The molecule has 6 atom stereocenters. The summed E-state index contributed by atoms with van der Waals surface area (Å²) in [5.74, 6) is -2.82. The zero-order valence-corrected chi connectivity index (χ0v) is 12.3. The Morgan fingerprint density at radius 2 is 1.64 bits per heavy atom. The number of carbonyl (C=O) groups excluding carboxylic acids is 3. The molecule has 1 aliphatic heterocycles. The average Bonchev–Trinajstić information content (AvgIpc) is 2.80. The smallest absolute Gasteiger partial charge is 0.317 e. The zero-order chi connectivity index (χ0) is 15.9. The molecule has 0 aromatic carbocycles. The number of ether oxygens (including phenoxy) is 1. The van der Waals surface area contributed by atoms with E-state index in [9.17, 15) is 19.2 Å². The molecule has 0 amide bonds. The Morgan fingerprint density at radius 3 is 2.32 bits per heavy atom. The van der Waals surface area contributed by atoms with Crippen molar-refractivity contribution in [3.63, 3.8) is 0 Å². The van der Waals surface area contributed by atoms with Crippen LogP contribution in [-0.2, 0) is 23.9 Å². The molecule has 6 nitrogen and oxygen atoms in total. The molecule has 0 bridgehead atoms. The number of carbonyl (C=O) groups is 4. The minimum Gasteiger partial charge on any atom is -0.481 e. The summed E-state index contributed by atoms with van der Waals surface area (Å²) in [4.78, 5) is 45.7. The Kier molecular flexibility index (Phi) is 4.02. The summed E-state index contributed by atoms with van der Waals surface area (Å²) in [7, 11) is 0. The quantitative estimate of drug-likeness (QED) is 0.481. The molecule has 0 aromatic heterocycles. The zero-order valence-electron chi connectivity index (χ0n) is 12.3. The topological polar surface area (TPSA) is 97.7 Å². The SMILES string of the molecule is O=CC1CC(C2CCC3C(=O)OC(=O)C3C2)CCC1C(=O)O. The highest BCUT2D eigenvalue weighted by atomic mass is 16.6. The molecule has 1 heterocycles. The van der Waals surface area contributed by atoms with Crippen molar-refractivity contribution in [1.82, 2.24) is 0 Å². The van der Waals surface area contributed by atoms with Gasteiger partial charge in [0.25, 0.3) is 0 Å². The van der Waals surface area contributed by atoms with Gasteiger partial charge in [0, 0.05) is 5.92 Å². The molecule has 1 saturated heterocycles. The van der Waals surface area contributed by atoms with Crippen LogP contribution in [0.1, 0.15) is 38.5 Å². The number of hydrogen-bond donors (Lipinski definition) is 1. The van der Waals surface area contributed by atoms with Gasteiger partial charge in [-0.15, -0.1) is 0 Å². The fraction of sp³-hybridized carbons (Fsp3) is 0.750. The maximum Gasteiger partial charge on any atom is 0.317 e. The number of rotatable bonds is 3. The first-order chi connectivity index (χ1) is 10.5. The fourth-order valence-electron chi connectivity index (χ4n) is 4.55. The van der Waals surface area contributed by atoms with Crippen molar-refractivity contribution in [2.45, 2.75) is 38.5 Å². The molecule has 0 spiro atoms. The van der Waals surface area contributed by atoms with Gasteiger partial charge in [-0.3, -0.25) is 14.4 Å². The van der Waals surface area contributed by atoms with Gasteiger partial charge in [0.05, 0.1) is 17.8 Å². The third kappa shape index (κ3) is 2.55. The van der Waals surface area contributed by atoms with Crippen LogP contribution in [0, 0.1) is 35.5 Å². The van der Waals surface area contributed by atoms with Gasteiger partial charge >= 0.3 is 17.9 Å². The highest BCUT2D eigenvalue weighted by Crippen LogP contribution is 2.47. The second kappa shape index (κ2) is 5.82. The van der Waals surface area contributed by atoms with E-state index in [1.54, 1.807) is 0 Å². The highest BCUT2D eigenvalue weighted by molar-refractivity contribution is 5.96. The van der Waals surface area contributed by atoms with Gasteiger partial charge in [-0.05, 0) is 50.4 Å². The lowest BCUT2D eigenvalue weighted by molar-refractivity contribution is -0.153. The Morgan fingerprint density at radius 1 is 1.00 bits per heavy atom. The van der Waals surface area contributed by atoms with Gasteiger partial charge in [-0.2, -0.15) is 0 Å². The lowest BCUT2D eigenvalue weighted by Crippen LogP contribution is -2.37. The molecule has 1 N–H and O–H groups in total. The fourth-order valence-corrected chi connectivity index (χ4v) is 4.55. The maximum atomic E-state index is 11.7. The van der Waals surface area contributed by atoms with Crippen LogP contribution in [0.25, 0.3) is 0 Å². The predicted octanol–water partition coefficient (Wildman–Crippen LogP) is 1.42. The third-order valence-electron chi connectivity index (χ3n) is 5.80. The van der Waals surface area contributed by atoms with Crippen LogP contribution in [0.5, 0.6) is 0 Å². The second-order valence-corrected chi connectivity index (χ2v) is 6.84. The third-order valence-corrected chi connectivity index (χ3v) is 5.80. The van der Waals surface area contributed by atoms with Crippen molar-refractivity contribution in [1.29, 1.82) is 0 Å². The molecular weight excluding hydrogens is 288 g/mol. The lowest BCUT2D eigenvalue weighted by Gasteiger charge is -2.39. The Hall–Kier alpha value is -1.72. The van der Waals surface area contributed by atoms with Gasteiger partial charge in [-0.1, -0.05) is 0 Å². The standard InChI is InChI=1S/C16H20O6/c17-7-10-5-8(1-3-11(10)14(18)19)9-2-4-12-13(6-9)16(21)22-15(12)20/h7-13H,1-6H2,(H,18,19). The van der Waals surface area contributed by atoms with Crippen LogP contribution in [0.2, 0.25) is 0 Å². The summed E-state index contributed by atoms with van der Waals surface area (Å²) >= 11 is 0. The first-order valence-corrected chi connectivity index (χ1v) is 7.95. The van der Waals surface area contributed by atoms with E-state index in [4.69, 9.17) is 9.84 Å². The maximum absolute atomic E-state index is 11.7. The number of esters is 2. The van der Waals surface area contributed by atoms with Crippen molar-refractivity contribution < 1.29 is 29.0 Å². The first kappa shape index (κ1) is 15.2. The van der Waals surface area contributed by atoms with E-state index < -0.39 is 29.7 Å². The lowest BCUT2D eigenvalue weighted by atomic mass is 9.64. The number of hydrogen-bond acceptors (Lipinski definition) is 5. The Balaban J connectivity index is 1.66. The van der Waals surface area contributed by atoms with Crippen molar-refractivity contribution in [2.24, 2.45) is 35.5 Å². The second-order valence-electron chi connectivity index (χ2n) is 6.84. The molecule has 0 aromatic rings. The Bertz CT molecular complexity index is 513. The van der Waals surface area contributed by atoms with E-state index in [1.807, 2.05) is 0 Å². The number of aldehydes is 1. The van der Waals surface area contributed by atoms with E-state index in [0.29, 0.717) is 25.7 Å². The molecule has 2 aliphatic carbocycles. The molecule has 22 heavy (non-hydrogen) atoms. The monoisotopic (exact) mass is 308 g/mol. The minimum absolute atomic E-state index is 0.259. The summed E-state index contributed by atoms with van der Waals surface area (Å²) in [6, 6.07) is 0. The molecule has 6 unspecified atom stereocenters. The van der Waals surface area contributed by atoms with Crippen LogP contribution >= 0.6 is 0 Å². The predicted molar refractivity (Wildman–Crippen MR) is 73.4 cm³/mol. The summed E-state index contributed by atoms with van der Waals surface area (Å²) in [5, 5.41) is 9.17. The van der Waals surface area contributed by atoms with Crippen LogP contribution in [0.15, 0.2) is 0 Å². The normalized spacial score (nSPS) is 41.6. The number of carboxylic acids is 1. The molecular formula is C16H20O6. The molecule has 120 valence electrons. The van der Waals surface area contributed by atoms with E-state index in [0.717, 1.165) is 19.1 Å². The molecule has 0 radical (unpaired) electrons. The van der Waals surface area contributed by atoms with Crippen molar-refractivity contribution in [3.05, 3.63) is 0 Å². The van der Waals surface area contributed by atoms with E-state index >= 15 is 0 Å². The summed E-state index contributed by atoms with van der Waals surface area (Å²) in [6.45, 7) is 0. The molecule has 3 aliphatic rings. The van der Waals surface area contributed by atoms with Crippen molar-refractivity contribution >= 4 is 24.2 Å². The van der Waals surface area contributed by atoms with Gasteiger partial charge < -0.3 is 14.6 Å². The summed E-state index contributed by atoms with van der Waals surface area (Å²) in [5.41, 5.74) is 0. The van der Waals surface area contributed by atoms with Crippen molar-refractivity contribution in [2.75, 3.05) is 0 Å². The largest absolute Gasteiger partial charge is 0.481 e. The van der Waals surface area contributed by atoms with Gasteiger partial charge in [0.2, 0.25) is 0 Å². The Labute approximate surface area is 128 Å². The van der Waals surface area contributed by atoms with Gasteiger partial charge in [0.1, 0.15) is 6.29 Å². The number of carboxylic acid groups (broad SMARTS) is 1. The van der Waals surface area contributed by atoms with E-state index in [1.165, 1.54) is 0 Å². The first-order valence-electron chi connectivity index (χ1n) is 7.95. The molecule has 3 rings (SSSR count). The number of fused-ring (bicyclic) bond motifs is 1. The van der Waals surface area contributed by atoms with Crippen LogP contribution in [-0.4, -0.2) is 29.3 Å². The van der Waals surface area contributed by atoms with Crippen molar-refractivity contribution in [3.8, 4) is 0 Å². The summed E-state index contributed by atoms with van der Waals surface area (Å²) < 4.78 is 4.72. The van der Waals surface area contributed by atoms with Crippen LogP contribution in [0.4, 0.5) is 0 Å². The minimum atomic E-state index is -0.899. The average molecular weight is 308 g/mol. The van der Waals surface area contributed by atoms with Crippen LogP contribution in [0.3, 0.4) is 0 Å².